The van der Waals surface area contributed by atoms with Gasteiger partial charge in [-0.3, -0.25) is 4.79 Å². The number of hydrogen-bond donors (Lipinski definition) is 1. The highest BCUT2D eigenvalue weighted by Crippen LogP contribution is 2.26. The van der Waals surface area contributed by atoms with E-state index in [1.54, 1.807) is 11.0 Å². The first-order valence-electron chi connectivity index (χ1n) is 6.09. The summed E-state index contributed by atoms with van der Waals surface area (Å²) in [5.74, 6) is -0.839. The van der Waals surface area contributed by atoms with Crippen LogP contribution in [0.5, 0.6) is 5.75 Å². The van der Waals surface area contributed by atoms with Crippen LogP contribution in [0.2, 0.25) is 0 Å². The number of hydrogen-bond acceptors (Lipinski definition) is 4. The minimum absolute atomic E-state index is 0.113. The molecule has 6 nitrogen and oxygen atoms in total. The number of amides is 1. The number of rotatable bonds is 4. The maximum Gasteiger partial charge on any atom is 0.335 e. The lowest BCUT2D eigenvalue weighted by atomic mass is 10.2. The Morgan fingerprint density at radius 3 is 2.70 bits per heavy atom. The van der Waals surface area contributed by atoms with Gasteiger partial charge >= 0.3 is 5.97 Å². The van der Waals surface area contributed by atoms with E-state index < -0.39 is 5.97 Å². The zero-order chi connectivity index (χ0) is 14.5. The molecular formula is C13H14BrNO5. The van der Waals surface area contributed by atoms with Crippen molar-refractivity contribution in [2.75, 3.05) is 32.9 Å². The molecule has 1 heterocycles. The number of halogens is 1. The molecule has 0 spiro atoms. The van der Waals surface area contributed by atoms with Gasteiger partial charge in [0.05, 0.1) is 23.2 Å². The molecule has 1 aliphatic rings. The van der Waals surface area contributed by atoms with Gasteiger partial charge in [0.1, 0.15) is 5.75 Å². The molecule has 0 aromatic heterocycles. The molecule has 1 saturated heterocycles. The van der Waals surface area contributed by atoms with Gasteiger partial charge in [-0.15, -0.1) is 0 Å². The SMILES string of the molecule is O=C(O)c1ccc(Br)c(OCC(=O)N2CCOCC2)c1. The first-order valence-corrected chi connectivity index (χ1v) is 6.88. The summed E-state index contributed by atoms with van der Waals surface area (Å²) in [5, 5.41) is 8.92. The van der Waals surface area contributed by atoms with E-state index in [-0.39, 0.29) is 18.1 Å². The van der Waals surface area contributed by atoms with Crippen molar-refractivity contribution in [3.63, 3.8) is 0 Å². The van der Waals surface area contributed by atoms with E-state index in [2.05, 4.69) is 15.9 Å². The van der Waals surface area contributed by atoms with Crippen molar-refractivity contribution in [1.82, 2.24) is 4.90 Å². The Bertz CT molecular complexity index is 513. The second kappa shape index (κ2) is 6.71. The van der Waals surface area contributed by atoms with E-state index in [9.17, 15) is 9.59 Å². The molecule has 1 N–H and O–H groups in total. The van der Waals surface area contributed by atoms with Crippen molar-refractivity contribution >= 4 is 27.8 Å². The van der Waals surface area contributed by atoms with Gasteiger partial charge in [-0.05, 0) is 34.1 Å². The van der Waals surface area contributed by atoms with Crippen molar-refractivity contribution in [3.05, 3.63) is 28.2 Å². The third kappa shape index (κ3) is 3.71. The molecule has 0 unspecified atom stereocenters. The molecule has 0 saturated carbocycles. The van der Waals surface area contributed by atoms with E-state index in [1.165, 1.54) is 12.1 Å². The molecule has 2 rings (SSSR count). The summed E-state index contributed by atoms with van der Waals surface area (Å²) in [4.78, 5) is 24.5. The average Bonchev–Trinajstić information content (AvgIpc) is 2.46. The lowest BCUT2D eigenvalue weighted by Crippen LogP contribution is -2.43. The number of ether oxygens (including phenoxy) is 2. The lowest BCUT2D eigenvalue weighted by molar-refractivity contribution is -0.137. The summed E-state index contributed by atoms with van der Waals surface area (Å²) < 4.78 is 11.2. The number of carboxylic acids is 1. The third-order valence-electron chi connectivity index (χ3n) is 2.89. The monoisotopic (exact) mass is 343 g/mol. The van der Waals surface area contributed by atoms with Crippen LogP contribution >= 0.6 is 15.9 Å². The van der Waals surface area contributed by atoms with E-state index in [0.717, 1.165) is 0 Å². The fourth-order valence-corrected chi connectivity index (χ4v) is 2.15. The van der Waals surface area contributed by atoms with Crippen LogP contribution in [0.25, 0.3) is 0 Å². The van der Waals surface area contributed by atoms with Gasteiger partial charge in [-0.1, -0.05) is 0 Å². The van der Waals surface area contributed by atoms with E-state index in [0.29, 0.717) is 36.5 Å². The Labute approximate surface area is 124 Å². The predicted molar refractivity (Wildman–Crippen MR) is 74.0 cm³/mol. The zero-order valence-corrected chi connectivity index (χ0v) is 12.3. The summed E-state index contributed by atoms with van der Waals surface area (Å²) in [6, 6.07) is 4.43. The fourth-order valence-electron chi connectivity index (χ4n) is 1.79. The standard InChI is InChI=1S/C13H14BrNO5/c14-10-2-1-9(13(17)18)7-11(10)20-8-12(16)15-3-5-19-6-4-15/h1-2,7H,3-6,8H2,(H,17,18). The highest BCUT2D eigenvalue weighted by molar-refractivity contribution is 9.10. The second-order valence-corrected chi connectivity index (χ2v) is 5.09. The average molecular weight is 344 g/mol. The summed E-state index contributed by atoms with van der Waals surface area (Å²) in [6.45, 7) is 2.05. The van der Waals surface area contributed by atoms with Gasteiger partial charge in [-0.2, -0.15) is 0 Å². The second-order valence-electron chi connectivity index (χ2n) is 4.23. The number of carbonyl (C=O) groups excluding carboxylic acids is 1. The van der Waals surface area contributed by atoms with Crippen LogP contribution in [0.3, 0.4) is 0 Å². The molecular weight excluding hydrogens is 330 g/mol. The zero-order valence-electron chi connectivity index (χ0n) is 10.7. The topological polar surface area (TPSA) is 76.1 Å². The molecule has 0 aliphatic carbocycles. The molecule has 0 bridgehead atoms. The summed E-state index contributed by atoms with van der Waals surface area (Å²) in [6.07, 6.45) is 0. The fraction of sp³-hybridized carbons (Fsp3) is 0.385. The minimum atomic E-state index is -1.04. The van der Waals surface area contributed by atoms with Crippen molar-refractivity contribution in [1.29, 1.82) is 0 Å². The van der Waals surface area contributed by atoms with E-state index in [1.807, 2.05) is 0 Å². The first-order chi connectivity index (χ1) is 9.58. The van der Waals surface area contributed by atoms with Gasteiger partial charge in [-0.25, -0.2) is 4.79 Å². The Hall–Kier alpha value is -1.60. The number of carbonyl (C=O) groups is 2. The third-order valence-corrected chi connectivity index (χ3v) is 3.55. The number of morpholine rings is 1. The maximum absolute atomic E-state index is 11.9. The van der Waals surface area contributed by atoms with Crippen LogP contribution < -0.4 is 4.74 Å². The highest BCUT2D eigenvalue weighted by Gasteiger charge is 2.18. The molecule has 1 aliphatic heterocycles. The molecule has 1 fully saturated rings. The van der Waals surface area contributed by atoms with Crippen LogP contribution in [-0.2, 0) is 9.53 Å². The summed E-state index contributed by atoms with van der Waals surface area (Å²) in [5.41, 5.74) is 0.113. The minimum Gasteiger partial charge on any atom is -0.483 e. The predicted octanol–water partition coefficient (Wildman–Crippen LogP) is 1.38. The summed E-state index contributed by atoms with van der Waals surface area (Å²) in [7, 11) is 0. The van der Waals surface area contributed by atoms with Crippen LogP contribution in [0.15, 0.2) is 22.7 Å². The van der Waals surface area contributed by atoms with Gasteiger partial charge in [0.25, 0.3) is 5.91 Å². The van der Waals surface area contributed by atoms with Crippen LogP contribution in [0.4, 0.5) is 0 Å². The van der Waals surface area contributed by atoms with E-state index in [4.69, 9.17) is 14.6 Å². The number of aromatic carboxylic acids is 1. The number of carboxylic acid groups (broad SMARTS) is 1. The Morgan fingerprint density at radius 2 is 2.05 bits per heavy atom. The molecule has 0 radical (unpaired) electrons. The van der Waals surface area contributed by atoms with Crippen molar-refractivity contribution < 1.29 is 24.2 Å². The number of benzene rings is 1. The lowest BCUT2D eigenvalue weighted by Gasteiger charge is -2.26. The molecule has 1 aromatic carbocycles. The largest absolute Gasteiger partial charge is 0.483 e. The molecule has 108 valence electrons. The van der Waals surface area contributed by atoms with Gasteiger partial charge < -0.3 is 19.5 Å². The van der Waals surface area contributed by atoms with Crippen LogP contribution in [0.1, 0.15) is 10.4 Å². The van der Waals surface area contributed by atoms with Crippen molar-refractivity contribution in [3.8, 4) is 5.75 Å². The van der Waals surface area contributed by atoms with Gasteiger partial charge in [0.15, 0.2) is 6.61 Å². The molecule has 20 heavy (non-hydrogen) atoms. The van der Waals surface area contributed by atoms with E-state index >= 15 is 0 Å². The van der Waals surface area contributed by atoms with Gasteiger partial charge in [0, 0.05) is 13.1 Å². The smallest absolute Gasteiger partial charge is 0.335 e. The maximum atomic E-state index is 11.9. The number of nitrogens with zero attached hydrogens (tertiary/aromatic N) is 1. The Balaban J connectivity index is 1.97. The molecule has 0 atom stereocenters. The molecule has 7 heteroatoms. The molecule has 1 aromatic rings. The van der Waals surface area contributed by atoms with Crippen molar-refractivity contribution in [2.45, 2.75) is 0 Å². The summed E-state index contributed by atoms with van der Waals surface area (Å²) >= 11 is 3.26. The highest BCUT2D eigenvalue weighted by atomic mass is 79.9. The van der Waals surface area contributed by atoms with Crippen LogP contribution in [0, 0.1) is 0 Å². The van der Waals surface area contributed by atoms with Gasteiger partial charge in [0.2, 0.25) is 0 Å². The Kier molecular flexibility index (Phi) is 4.97. The van der Waals surface area contributed by atoms with Crippen molar-refractivity contribution in [2.24, 2.45) is 0 Å². The normalized spacial score (nSPS) is 14.9. The quantitative estimate of drug-likeness (QED) is 0.893. The van der Waals surface area contributed by atoms with Crippen LogP contribution in [-0.4, -0.2) is 54.8 Å². The first kappa shape index (κ1) is 14.8. The Morgan fingerprint density at radius 1 is 1.35 bits per heavy atom. The molecule has 1 amide bonds.